The predicted molar refractivity (Wildman–Crippen MR) is 74.7 cm³/mol. The second-order valence-corrected chi connectivity index (χ2v) is 6.12. The van der Waals surface area contributed by atoms with Crippen LogP contribution in [0.5, 0.6) is 0 Å². The van der Waals surface area contributed by atoms with E-state index in [0.29, 0.717) is 17.9 Å². The molecule has 0 radical (unpaired) electrons. The number of hydrogen-bond acceptors (Lipinski definition) is 3. The third kappa shape index (κ3) is 2.96. The fourth-order valence-corrected chi connectivity index (χ4v) is 2.77. The summed E-state index contributed by atoms with van der Waals surface area (Å²) in [4.78, 5) is 6.80. The minimum absolute atomic E-state index is 0.0882. The fraction of sp³-hybridized carbons (Fsp3) is 0.308. The maximum absolute atomic E-state index is 12.2. The molecule has 0 aliphatic heterocycles. The first kappa shape index (κ1) is 13.6. The maximum Gasteiger partial charge on any atom is 0.278 e. The van der Waals surface area contributed by atoms with E-state index in [4.69, 9.17) is 0 Å². The van der Waals surface area contributed by atoms with Crippen LogP contribution in [-0.4, -0.2) is 18.4 Å². The van der Waals surface area contributed by atoms with Gasteiger partial charge in [0.1, 0.15) is 5.82 Å². The Morgan fingerprint density at radius 3 is 2.68 bits per heavy atom. The minimum Gasteiger partial charge on any atom is -0.332 e. The molecule has 0 aliphatic rings. The van der Waals surface area contributed by atoms with Gasteiger partial charge in [-0.05, 0) is 31.0 Å². The predicted octanol–water partition coefficient (Wildman–Crippen LogP) is 2.39. The Morgan fingerprint density at radius 1 is 1.32 bits per heavy atom. The van der Waals surface area contributed by atoms with Crippen LogP contribution in [0.3, 0.4) is 0 Å². The van der Waals surface area contributed by atoms with Crippen molar-refractivity contribution in [2.75, 3.05) is 4.72 Å². The summed E-state index contributed by atoms with van der Waals surface area (Å²) in [7, 11) is -3.61. The lowest BCUT2D eigenvalue weighted by Crippen LogP contribution is -2.14. The van der Waals surface area contributed by atoms with Crippen LogP contribution in [0.4, 0.5) is 5.69 Å². The number of rotatable bonds is 4. The average Bonchev–Trinajstić information content (AvgIpc) is 2.83. The van der Waals surface area contributed by atoms with Gasteiger partial charge in [-0.15, -0.1) is 0 Å². The van der Waals surface area contributed by atoms with E-state index >= 15 is 0 Å². The van der Waals surface area contributed by atoms with Crippen molar-refractivity contribution in [1.29, 1.82) is 0 Å². The van der Waals surface area contributed by atoms with Crippen molar-refractivity contribution in [2.45, 2.75) is 32.2 Å². The summed E-state index contributed by atoms with van der Waals surface area (Å²) in [6.45, 7) is 5.69. The fourth-order valence-electron chi connectivity index (χ4n) is 1.71. The molecule has 0 spiro atoms. The molecule has 0 amide bonds. The summed E-state index contributed by atoms with van der Waals surface area (Å²) in [5.41, 5.74) is 2.47. The van der Waals surface area contributed by atoms with Crippen molar-refractivity contribution in [3.8, 4) is 0 Å². The number of sulfonamides is 1. The number of aromatic amines is 1. The zero-order valence-electron chi connectivity index (χ0n) is 11.2. The number of aryl methyl sites for hydroxylation is 3. The monoisotopic (exact) mass is 279 g/mol. The SMILES string of the molecule is CCc1ncc(S(=O)(=O)Nc2cc(C)ccc2C)[nH]1. The van der Waals surface area contributed by atoms with Crippen LogP contribution < -0.4 is 4.72 Å². The molecule has 1 heterocycles. The molecule has 0 fully saturated rings. The highest BCUT2D eigenvalue weighted by Gasteiger charge is 2.17. The summed E-state index contributed by atoms with van der Waals surface area (Å²) in [6.07, 6.45) is 2.01. The van der Waals surface area contributed by atoms with Crippen molar-refractivity contribution in [3.05, 3.63) is 41.3 Å². The first-order valence-corrected chi connectivity index (χ1v) is 7.54. The van der Waals surface area contributed by atoms with E-state index in [0.717, 1.165) is 11.1 Å². The Kier molecular flexibility index (Phi) is 3.61. The standard InChI is InChI=1S/C13H17N3O2S/c1-4-12-14-8-13(15-12)19(17,18)16-11-7-9(2)5-6-10(11)3/h5-8,16H,4H2,1-3H3,(H,14,15). The van der Waals surface area contributed by atoms with E-state index in [2.05, 4.69) is 14.7 Å². The number of benzene rings is 1. The van der Waals surface area contributed by atoms with Crippen molar-refractivity contribution < 1.29 is 8.42 Å². The number of hydrogen-bond donors (Lipinski definition) is 2. The first-order valence-electron chi connectivity index (χ1n) is 6.06. The largest absolute Gasteiger partial charge is 0.332 e. The zero-order valence-corrected chi connectivity index (χ0v) is 12.0. The molecule has 0 atom stereocenters. The van der Waals surface area contributed by atoms with Gasteiger partial charge in [0, 0.05) is 6.42 Å². The van der Waals surface area contributed by atoms with Crippen LogP contribution in [0.2, 0.25) is 0 Å². The van der Waals surface area contributed by atoms with Crippen LogP contribution in [0.15, 0.2) is 29.4 Å². The molecule has 0 saturated carbocycles. The highest BCUT2D eigenvalue weighted by molar-refractivity contribution is 7.92. The summed E-state index contributed by atoms with van der Waals surface area (Å²) in [5.74, 6) is 0.654. The Bertz CT molecular complexity index is 690. The molecule has 0 unspecified atom stereocenters. The first-order chi connectivity index (χ1) is 8.92. The normalized spacial score (nSPS) is 11.5. The molecule has 1 aromatic heterocycles. The molecule has 102 valence electrons. The summed E-state index contributed by atoms with van der Waals surface area (Å²) in [6, 6.07) is 5.64. The molecule has 2 N–H and O–H groups in total. The van der Waals surface area contributed by atoms with Crippen molar-refractivity contribution >= 4 is 15.7 Å². The van der Waals surface area contributed by atoms with Gasteiger partial charge in [-0.25, -0.2) is 4.98 Å². The molecule has 5 nitrogen and oxygen atoms in total. The van der Waals surface area contributed by atoms with Crippen LogP contribution in [0, 0.1) is 13.8 Å². The van der Waals surface area contributed by atoms with Gasteiger partial charge >= 0.3 is 0 Å². The highest BCUT2D eigenvalue weighted by Crippen LogP contribution is 2.20. The Labute approximate surface area is 113 Å². The van der Waals surface area contributed by atoms with Crippen LogP contribution in [-0.2, 0) is 16.4 Å². The van der Waals surface area contributed by atoms with Gasteiger partial charge in [0.05, 0.1) is 11.9 Å². The molecule has 0 bridgehead atoms. The van der Waals surface area contributed by atoms with Crippen LogP contribution in [0.25, 0.3) is 0 Å². The molecule has 2 rings (SSSR count). The van der Waals surface area contributed by atoms with E-state index in [1.807, 2.05) is 39.0 Å². The lowest BCUT2D eigenvalue weighted by Gasteiger charge is -2.09. The highest BCUT2D eigenvalue weighted by atomic mass is 32.2. The maximum atomic E-state index is 12.2. The molecular formula is C13H17N3O2S. The van der Waals surface area contributed by atoms with Crippen molar-refractivity contribution in [3.63, 3.8) is 0 Å². The third-order valence-electron chi connectivity index (χ3n) is 2.87. The summed E-state index contributed by atoms with van der Waals surface area (Å²) >= 11 is 0. The van der Waals surface area contributed by atoms with E-state index in [9.17, 15) is 8.42 Å². The molecular weight excluding hydrogens is 262 g/mol. The molecule has 0 aliphatic carbocycles. The molecule has 0 saturated heterocycles. The van der Waals surface area contributed by atoms with Gasteiger partial charge in [-0.3, -0.25) is 4.72 Å². The van der Waals surface area contributed by atoms with Crippen molar-refractivity contribution in [2.24, 2.45) is 0 Å². The van der Waals surface area contributed by atoms with Crippen molar-refractivity contribution in [1.82, 2.24) is 9.97 Å². The molecule has 6 heteroatoms. The topological polar surface area (TPSA) is 74.8 Å². The van der Waals surface area contributed by atoms with E-state index < -0.39 is 10.0 Å². The van der Waals surface area contributed by atoms with Gasteiger partial charge in [0.2, 0.25) is 0 Å². The number of imidazole rings is 1. The second kappa shape index (κ2) is 5.05. The van der Waals surface area contributed by atoms with E-state index in [1.54, 1.807) is 0 Å². The minimum atomic E-state index is -3.61. The van der Waals surface area contributed by atoms with E-state index in [-0.39, 0.29) is 5.03 Å². The van der Waals surface area contributed by atoms with Gasteiger partial charge in [0.15, 0.2) is 5.03 Å². The van der Waals surface area contributed by atoms with Crippen LogP contribution in [0.1, 0.15) is 23.9 Å². The summed E-state index contributed by atoms with van der Waals surface area (Å²) < 4.78 is 27.0. The Hall–Kier alpha value is -1.82. The number of nitrogens with zero attached hydrogens (tertiary/aromatic N) is 1. The smallest absolute Gasteiger partial charge is 0.278 e. The number of anilines is 1. The van der Waals surface area contributed by atoms with Crippen LogP contribution >= 0.6 is 0 Å². The quantitative estimate of drug-likeness (QED) is 0.902. The van der Waals surface area contributed by atoms with E-state index in [1.165, 1.54) is 6.20 Å². The Balaban J connectivity index is 2.33. The lowest BCUT2D eigenvalue weighted by molar-refractivity contribution is 0.598. The average molecular weight is 279 g/mol. The summed E-state index contributed by atoms with van der Waals surface area (Å²) in [5, 5.41) is 0.0882. The molecule has 1 aromatic carbocycles. The van der Waals surface area contributed by atoms with Gasteiger partial charge < -0.3 is 4.98 Å². The number of H-pyrrole nitrogens is 1. The molecule has 19 heavy (non-hydrogen) atoms. The number of nitrogens with one attached hydrogen (secondary N) is 2. The van der Waals surface area contributed by atoms with Gasteiger partial charge in [-0.2, -0.15) is 8.42 Å². The lowest BCUT2D eigenvalue weighted by atomic mass is 10.1. The molecule has 2 aromatic rings. The second-order valence-electron chi connectivity index (χ2n) is 4.47. The Morgan fingerprint density at radius 2 is 2.05 bits per heavy atom. The zero-order chi connectivity index (χ0) is 14.0. The number of aromatic nitrogens is 2. The third-order valence-corrected chi connectivity index (χ3v) is 4.14. The van der Waals surface area contributed by atoms with Gasteiger partial charge in [-0.1, -0.05) is 19.1 Å². The van der Waals surface area contributed by atoms with Gasteiger partial charge in [0.25, 0.3) is 10.0 Å².